The summed E-state index contributed by atoms with van der Waals surface area (Å²) in [7, 11) is -3.74. The molecule has 2 heterocycles. The van der Waals surface area contributed by atoms with Crippen LogP contribution in [0.3, 0.4) is 0 Å². The number of likely N-dealkylation sites (tertiary alicyclic amines) is 1. The number of rotatable bonds is 4. The Morgan fingerprint density at radius 3 is 2.54 bits per heavy atom. The summed E-state index contributed by atoms with van der Waals surface area (Å²) >= 11 is 0. The largest absolute Gasteiger partial charge is 0.480 e. The molecule has 8 nitrogen and oxygen atoms in total. The molecule has 0 aromatic heterocycles. The van der Waals surface area contributed by atoms with Crippen LogP contribution in [0.5, 0.6) is 0 Å². The van der Waals surface area contributed by atoms with E-state index in [1.807, 2.05) is 0 Å². The van der Waals surface area contributed by atoms with Gasteiger partial charge in [-0.1, -0.05) is 6.07 Å². The maximum Gasteiger partial charge on any atom is 0.326 e. The fourth-order valence-electron chi connectivity index (χ4n) is 3.37. The van der Waals surface area contributed by atoms with Gasteiger partial charge in [0, 0.05) is 25.2 Å². The maximum atomic E-state index is 12.9. The lowest BCUT2D eigenvalue weighted by atomic mass is 10.1. The third kappa shape index (κ3) is 3.46. The second-order valence-electron chi connectivity index (χ2n) is 6.49. The first-order valence-electron chi connectivity index (χ1n) is 8.54. The van der Waals surface area contributed by atoms with Crippen molar-refractivity contribution in [2.75, 3.05) is 32.8 Å². The molecule has 0 bridgehead atoms. The number of carbonyl (C=O) groups is 2. The van der Waals surface area contributed by atoms with Crippen molar-refractivity contribution in [2.45, 2.75) is 30.7 Å². The van der Waals surface area contributed by atoms with Crippen molar-refractivity contribution in [1.82, 2.24) is 9.21 Å². The van der Waals surface area contributed by atoms with Crippen LogP contribution in [-0.4, -0.2) is 73.5 Å². The second kappa shape index (κ2) is 7.34. The van der Waals surface area contributed by atoms with Gasteiger partial charge >= 0.3 is 5.97 Å². The topological polar surface area (TPSA) is 104 Å². The molecule has 142 valence electrons. The van der Waals surface area contributed by atoms with E-state index in [2.05, 4.69) is 0 Å². The lowest BCUT2D eigenvalue weighted by Crippen LogP contribution is -2.41. The molecule has 1 aromatic carbocycles. The molecule has 2 fully saturated rings. The Labute approximate surface area is 152 Å². The minimum atomic E-state index is -3.74. The van der Waals surface area contributed by atoms with E-state index in [0.717, 1.165) is 0 Å². The molecule has 0 spiro atoms. The minimum Gasteiger partial charge on any atom is -0.480 e. The van der Waals surface area contributed by atoms with Gasteiger partial charge in [-0.2, -0.15) is 4.31 Å². The highest BCUT2D eigenvalue weighted by Crippen LogP contribution is 2.25. The van der Waals surface area contributed by atoms with Crippen LogP contribution in [0.1, 0.15) is 28.8 Å². The zero-order chi connectivity index (χ0) is 18.9. The molecule has 1 unspecified atom stereocenters. The van der Waals surface area contributed by atoms with Crippen molar-refractivity contribution >= 4 is 21.9 Å². The number of hydrogen-bond donors (Lipinski definition) is 1. The first-order chi connectivity index (χ1) is 12.3. The molecule has 9 heteroatoms. The summed E-state index contributed by atoms with van der Waals surface area (Å²) in [6.45, 7) is 3.25. The Morgan fingerprint density at radius 2 is 1.88 bits per heavy atom. The van der Waals surface area contributed by atoms with Gasteiger partial charge in [-0.3, -0.25) is 4.79 Å². The van der Waals surface area contributed by atoms with Gasteiger partial charge < -0.3 is 14.7 Å². The summed E-state index contributed by atoms with van der Waals surface area (Å²) in [6, 6.07) is 3.64. The van der Waals surface area contributed by atoms with Gasteiger partial charge in [0.25, 0.3) is 5.91 Å². The minimum absolute atomic E-state index is 0.0799. The van der Waals surface area contributed by atoms with Crippen LogP contribution in [0.4, 0.5) is 0 Å². The predicted molar refractivity (Wildman–Crippen MR) is 92.5 cm³/mol. The lowest BCUT2D eigenvalue weighted by Gasteiger charge is -2.27. The lowest BCUT2D eigenvalue weighted by molar-refractivity contribution is -0.141. The van der Waals surface area contributed by atoms with Crippen molar-refractivity contribution in [3.8, 4) is 0 Å². The highest BCUT2D eigenvalue weighted by Gasteiger charge is 2.35. The Kier molecular flexibility index (Phi) is 5.31. The Bertz CT molecular complexity index is 817. The number of ether oxygens (including phenoxy) is 1. The summed E-state index contributed by atoms with van der Waals surface area (Å²) in [5.41, 5.74) is 0.736. The number of sulfonamides is 1. The first-order valence-corrected chi connectivity index (χ1v) is 9.98. The number of morpholine rings is 1. The molecule has 3 rings (SSSR count). The normalized spacial score (nSPS) is 21.7. The zero-order valence-electron chi connectivity index (χ0n) is 14.6. The fraction of sp³-hybridized carbons (Fsp3) is 0.529. The number of nitrogens with zero attached hydrogens (tertiary/aromatic N) is 2. The van der Waals surface area contributed by atoms with Crippen LogP contribution in [-0.2, 0) is 19.6 Å². The van der Waals surface area contributed by atoms with Crippen LogP contribution in [0, 0.1) is 6.92 Å². The molecule has 1 atom stereocenters. The number of carboxylic acid groups (broad SMARTS) is 1. The summed E-state index contributed by atoms with van der Waals surface area (Å²) < 4.78 is 32.4. The number of aryl methyl sites for hydroxylation is 1. The fourth-order valence-corrected chi connectivity index (χ4v) is 5.03. The third-order valence-corrected chi connectivity index (χ3v) is 6.86. The molecule has 0 aliphatic carbocycles. The van der Waals surface area contributed by atoms with Gasteiger partial charge in [-0.25, -0.2) is 13.2 Å². The van der Waals surface area contributed by atoms with Crippen molar-refractivity contribution < 1.29 is 27.9 Å². The van der Waals surface area contributed by atoms with Gasteiger partial charge in [0.05, 0.1) is 18.1 Å². The van der Waals surface area contributed by atoms with E-state index >= 15 is 0 Å². The Morgan fingerprint density at radius 1 is 1.19 bits per heavy atom. The monoisotopic (exact) mass is 382 g/mol. The van der Waals surface area contributed by atoms with Crippen LogP contribution in [0.25, 0.3) is 0 Å². The summed E-state index contributed by atoms with van der Waals surface area (Å²) in [6.07, 6.45) is 1.03. The van der Waals surface area contributed by atoms with Crippen LogP contribution >= 0.6 is 0 Å². The van der Waals surface area contributed by atoms with Crippen LogP contribution < -0.4 is 0 Å². The molecule has 1 aromatic rings. The maximum absolute atomic E-state index is 12.9. The van der Waals surface area contributed by atoms with Crippen molar-refractivity contribution in [2.24, 2.45) is 0 Å². The summed E-state index contributed by atoms with van der Waals surface area (Å²) in [4.78, 5) is 25.5. The third-order valence-electron chi connectivity index (χ3n) is 4.82. The zero-order valence-corrected chi connectivity index (χ0v) is 15.4. The Balaban J connectivity index is 1.92. The Hall–Kier alpha value is -1.97. The predicted octanol–water partition coefficient (Wildman–Crippen LogP) is 0.705. The molecular weight excluding hydrogens is 360 g/mol. The van der Waals surface area contributed by atoms with E-state index in [0.29, 0.717) is 38.2 Å². The molecule has 2 aliphatic rings. The van der Waals surface area contributed by atoms with Gasteiger partial charge in [-0.15, -0.1) is 0 Å². The van der Waals surface area contributed by atoms with E-state index in [1.54, 1.807) is 19.1 Å². The first kappa shape index (κ1) is 18.8. The number of aliphatic carboxylic acids is 1. The number of carbonyl (C=O) groups excluding carboxylic acids is 1. The van der Waals surface area contributed by atoms with Gasteiger partial charge in [0.1, 0.15) is 6.04 Å². The molecule has 2 aliphatic heterocycles. The van der Waals surface area contributed by atoms with Gasteiger partial charge in [0.2, 0.25) is 10.0 Å². The molecule has 1 N–H and O–H groups in total. The van der Waals surface area contributed by atoms with E-state index in [9.17, 15) is 23.1 Å². The van der Waals surface area contributed by atoms with Crippen LogP contribution in [0.2, 0.25) is 0 Å². The van der Waals surface area contributed by atoms with E-state index in [4.69, 9.17) is 4.74 Å². The molecule has 0 radical (unpaired) electrons. The standard InChI is InChI=1S/C17H22N2O6S/c1-12-4-5-13(16(20)19-6-2-3-14(19)17(21)22)11-15(12)26(23,24)18-7-9-25-10-8-18/h4-5,11,14H,2-3,6-10H2,1H3,(H,21,22). The number of carboxylic acids is 1. The van der Waals surface area contributed by atoms with Gasteiger partial charge in [-0.05, 0) is 37.5 Å². The number of hydrogen-bond acceptors (Lipinski definition) is 5. The van der Waals surface area contributed by atoms with Crippen molar-refractivity contribution in [1.29, 1.82) is 0 Å². The quantitative estimate of drug-likeness (QED) is 0.822. The highest BCUT2D eigenvalue weighted by molar-refractivity contribution is 7.89. The van der Waals surface area contributed by atoms with Crippen LogP contribution in [0.15, 0.2) is 23.1 Å². The average molecular weight is 382 g/mol. The molecule has 26 heavy (non-hydrogen) atoms. The molecule has 1 amide bonds. The van der Waals surface area contributed by atoms with Crippen molar-refractivity contribution in [3.63, 3.8) is 0 Å². The second-order valence-corrected chi connectivity index (χ2v) is 8.40. The molecule has 2 saturated heterocycles. The van der Waals surface area contributed by atoms with E-state index in [-0.39, 0.29) is 23.5 Å². The van der Waals surface area contributed by atoms with Crippen molar-refractivity contribution in [3.05, 3.63) is 29.3 Å². The van der Waals surface area contributed by atoms with Gasteiger partial charge in [0.15, 0.2) is 0 Å². The molecular formula is C17H22N2O6S. The number of amides is 1. The summed E-state index contributed by atoms with van der Waals surface area (Å²) in [5.74, 6) is -1.49. The van der Waals surface area contributed by atoms with E-state index < -0.39 is 27.9 Å². The summed E-state index contributed by atoms with van der Waals surface area (Å²) in [5, 5.41) is 9.27. The SMILES string of the molecule is Cc1ccc(C(=O)N2CCCC2C(=O)O)cc1S(=O)(=O)N1CCOCC1. The smallest absolute Gasteiger partial charge is 0.326 e. The highest BCUT2D eigenvalue weighted by atomic mass is 32.2. The van der Waals surface area contributed by atoms with E-state index in [1.165, 1.54) is 15.3 Å². The molecule has 0 saturated carbocycles. The number of benzene rings is 1. The average Bonchev–Trinajstić information content (AvgIpc) is 3.12.